The van der Waals surface area contributed by atoms with Gasteiger partial charge in [0.25, 0.3) is 5.56 Å². The van der Waals surface area contributed by atoms with Crippen LogP contribution in [0.5, 0.6) is 5.75 Å². The monoisotopic (exact) mass is 514 g/mol. The van der Waals surface area contributed by atoms with Crippen LogP contribution in [0.4, 0.5) is 18.0 Å². The maximum Gasteiger partial charge on any atom is 0.425 e. The van der Waals surface area contributed by atoms with Crippen molar-refractivity contribution < 1.29 is 35.9 Å². The van der Waals surface area contributed by atoms with Crippen LogP contribution in [0.2, 0.25) is 0 Å². The highest BCUT2D eigenvalue weighted by atomic mass is 32.2. The molecule has 2 aliphatic heterocycles. The Bertz CT molecular complexity index is 1250. The van der Waals surface area contributed by atoms with Crippen molar-refractivity contribution in [3.05, 3.63) is 46.9 Å². The van der Waals surface area contributed by atoms with Crippen LogP contribution in [0.15, 0.2) is 46.2 Å². The van der Waals surface area contributed by atoms with E-state index in [0.717, 1.165) is 13.2 Å². The molecule has 0 spiro atoms. The van der Waals surface area contributed by atoms with Crippen LogP contribution in [-0.4, -0.2) is 61.1 Å². The topological polar surface area (TPSA) is 106 Å². The molecular formula is C23H25F3N2O6S. The van der Waals surface area contributed by atoms with E-state index < -0.39 is 33.8 Å². The minimum atomic E-state index is -4.63. The van der Waals surface area contributed by atoms with Gasteiger partial charge in [-0.25, -0.2) is 13.2 Å². The summed E-state index contributed by atoms with van der Waals surface area (Å²) < 4.78 is 72.7. The predicted octanol–water partition coefficient (Wildman–Crippen LogP) is 3.91. The first-order chi connectivity index (χ1) is 16.3. The number of fused-ring (bicyclic) bond motifs is 2. The van der Waals surface area contributed by atoms with Crippen molar-refractivity contribution in [2.75, 3.05) is 6.26 Å². The molecule has 4 rings (SSSR count). The second-order valence-corrected chi connectivity index (χ2v) is 10.9. The molecule has 2 bridgehead atoms. The van der Waals surface area contributed by atoms with Gasteiger partial charge in [-0.05, 0) is 43.5 Å². The lowest BCUT2D eigenvalue weighted by Gasteiger charge is -2.38. The molecule has 3 unspecified atom stereocenters. The molecule has 3 atom stereocenters. The van der Waals surface area contributed by atoms with Gasteiger partial charge >= 0.3 is 12.3 Å². The molecule has 8 nitrogen and oxygen atoms in total. The molecule has 0 aliphatic carbocycles. The summed E-state index contributed by atoms with van der Waals surface area (Å²) >= 11 is 0. The zero-order valence-corrected chi connectivity index (χ0v) is 19.9. The second kappa shape index (κ2) is 9.21. The first kappa shape index (κ1) is 25.1. The summed E-state index contributed by atoms with van der Waals surface area (Å²) in [5.41, 5.74) is 0.292. The largest absolute Gasteiger partial charge is 0.489 e. The number of H-pyrrole nitrogens is 1. The number of amides is 1. The number of piperidine rings is 1. The van der Waals surface area contributed by atoms with Gasteiger partial charge in [0.15, 0.2) is 15.9 Å². The van der Waals surface area contributed by atoms with Crippen LogP contribution in [0.1, 0.15) is 32.6 Å². The molecule has 0 radical (unpaired) electrons. The van der Waals surface area contributed by atoms with Crippen molar-refractivity contribution in [3.8, 4) is 16.9 Å². The molecule has 0 saturated carbocycles. The minimum Gasteiger partial charge on any atom is -0.489 e. The summed E-state index contributed by atoms with van der Waals surface area (Å²) in [5.74, 6) is 0.298. The van der Waals surface area contributed by atoms with E-state index in [9.17, 15) is 31.2 Å². The summed E-state index contributed by atoms with van der Waals surface area (Å²) in [7, 11) is -3.40. The first-order valence-corrected chi connectivity index (χ1v) is 13.0. The van der Waals surface area contributed by atoms with Crippen molar-refractivity contribution in [2.24, 2.45) is 0 Å². The van der Waals surface area contributed by atoms with E-state index >= 15 is 0 Å². The van der Waals surface area contributed by atoms with Crippen molar-refractivity contribution in [1.29, 1.82) is 0 Å². The molecule has 2 aliphatic rings. The van der Waals surface area contributed by atoms with Crippen molar-refractivity contribution >= 4 is 15.9 Å². The normalized spacial score (nSPS) is 23.1. The molecule has 2 aromatic rings. The average Bonchev–Trinajstić information content (AvgIpc) is 3.03. The van der Waals surface area contributed by atoms with E-state index in [0.29, 0.717) is 37.0 Å². The maximum atomic E-state index is 12.8. The quantitative estimate of drug-likeness (QED) is 0.649. The van der Waals surface area contributed by atoms with Crippen LogP contribution in [0, 0.1) is 0 Å². The van der Waals surface area contributed by atoms with Crippen LogP contribution in [-0.2, 0) is 14.6 Å². The first-order valence-electron chi connectivity index (χ1n) is 11.1. The van der Waals surface area contributed by atoms with Gasteiger partial charge in [0, 0.05) is 37.4 Å². The predicted molar refractivity (Wildman–Crippen MR) is 120 cm³/mol. The molecule has 12 heteroatoms. The fraction of sp³-hybridized carbons (Fsp3) is 0.478. The molecule has 2 fully saturated rings. The number of rotatable bonds is 5. The number of carbonyl (C=O) groups is 1. The van der Waals surface area contributed by atoms with E-state index in [4.69, 9.17) is 4.74 Å². The van der Waals surface area contributed by atoms with Gasteiger partial charge in [0.05, 0.1) is 10.5 Å². The van der Waals surface area contributed by atoms with Crippen LogP contribution < -0.4 is 10.3 Å². The molecular weight excluding hydrogens is 489 g/mol. The highest BCUT2D eigenvalue weighted by Crippen LogP contribution is 2.39. The number of alkyl halides is 3. The lowest BCUT2D eigenvalue weighted by molar-refractivity contribution is -0.200. The number of nitrogens with one attached hydrogen (secondary N) is 1. The number of benzene rings is 1. The third kappa shape index (κ3) is 5.31. The van der Waals surface area contributed by atoms with Crippen LogP contribution in [0.3, 0.4) is 0 Å². The van der Waals surface area contributed by atoms with Gasteiger partial charge in [0.2, 0.25) is 0 Å². The van der Waals surface area contributed by atoms with Crippen LogP contribution >= 0.6 is 0 Å². The molecule has 2 saturated heterocycles. The van der Waals surface area contributed by atoms with E-state index in [1.165, 1.54) is 35.4 Å². The Morgan fingerprint density at radius 2 is 1.71 bits per heavy atom. The number of sulfone groups is 1. The molecule has 1 N–H and O–H groups in total. The van der Waals surface area contributed by atoms with Gasteiger partial charge in [-0.1, -0.05) is 12.1 Å². The molecule has 190 valence electrons. The Kier molecular flexibility index (Phi) is 6.60. The summed E-state index contributed by atoms with van der Waals surface area (Å²) in [5, 5.41) is 0. The fourth-order valence-electron chi connectivity index (χ4n) is 4.68. The molecule has 1 aromatic carbocycles. The van der Waals surface area contributed by atoms with Crippen LogP contribution in [0.25, 0.3) is 11.1 Å². The average molecular weight is 515 g/mol. The Morgan fingerprint density at radius 1 is 1.11 bits per heavy atom. The Balaban J connectivity index is 1.51. The SMILES string of the molecule is CC(OC(=O)N1C2CCC1CC(Oc1cc[nH]c(=O)c1-c1ccc(S(C)(=O)=O)cc1)C2)C(F)(F)F. The molecule has 1 amide bonds. The number of nitrogens with zero attached hydrogens (tertiary/aromatic N) is 1. The number of halogens is 3. The summed E-state index contributed by atoms with van der Waals surface area (Å²) in [4.78, 5) is 29.1. The number of hydrogen-bond acceptors (Lipinski definition) is 6. The number of aromatic amines is 1. The van der Waals surface area contributed by atoms with E-state index in [1.54, 1.807) is 6.07 Å². The van der Waals surface area contributed by atoms with Gasteiger partial charge in [-0.15, -0.1) is 0 Å². The Morgan fingerprint density at radius 3 is 2.26 bits per heavy atom. The summed E-state index contributed by atoms with van der Waals surface area (Å²) in [6.07, 6.45) is -3.66. The van der Waals surface area contributed by atoms with Gasteiger partial charge < -0.3 is 19.4 Å². The minimum absolute atomic E-state index is 0.117. The zero-order chi connectivity index (χ0) is 25.5. The lowest BCUT2D eigenvalue weighted by Crippen LogP contribution is -2.50. The fourth-order valence-corrected chi connectivity index (χ4v) is 5.31. The van der Waals surface area contributed by atoms with Crippen molar-refractivity contribution in [1.82, 2.24) is 9.88 Å². The number of ether oxygens (including phenoxy) is 2. The van der Waals surface area contributed by atoms with E-state index in [1.807, 2.05) is 0 Å². The number of carbonyl (C=O) groups excluding carboxylic acids is 1. The second-order valence-electron chi connectivity index (χ2n) is 8.91. The lowest BCUT2D eigenvalue weighted by atomic mass is 9.99. The molecule has 35 heavy (non-hydrogen) atoms. The number of pyridine rings is 1. The van der Waals surface area contributed by atoms with Gasteiger partial charge in [-0.3, -0.25) is 4.79 Å². The van der Waals surface area contributed by atoms with Crippen molar-refractivity contribution in [2.45, 2.75) is 68.0 Å². The maximum absolute atomic E-state index is 12.8. The van der Waals surface area contributed by atoms with Crippen molar-refractivity contribution in [3.63, 3.8) is 0 Å². The molecule has 3 heterocycles. The third-order valence-electron chi connectivity index (χ3n) is 6.43. The third-order valence-corrected chi connectivity index (χ3v) is 7.56. The van der Waals surface area contributed by atoms with E-state index in [2.05, 4.69) is 9.72 Å². The standard InChI is InChI=1S/C23H25F3N2O6S/c1-13(23(24,25)26)33-22(30)28-15-5-6-16(28)12-17(11-15)34-19-9-10-27-21(29)20(19)14-3-7-18(8-4-14)35(2,31)32/h3-4,7-10,13,15-17H,5-6,11-12H2,1-2H3,(H,27,29). The summed E-state index contributed by atoms with van der Waals surface area (Å²) in [6, 6.07) is 6.81. The van der Waals surface area contributed by atoms with Gasteiger partial charge in [-0.2, -0.15) is 13.2 Å². The molecule has 1 aromatic heterocycles. The Hall–Kier alpha value is -3.02. The summed E-state index contributed by atoms with van der Waals surface area (Å²) in [6.45, 7) is 0.798. The number of aromatic nitrogens is 1. The number of hydrogen-bond donors (Lipinski definition) is 1. The van der Waals surface area contributed by atoms with E-state index in [-0.39, 0.29) is 28.6 Å². The highest BCUT2D eigenvalue weighted by molar-refractivity contribution is 7.90. The van der Waals surface area contributed by atoms with Gasteiger partial charge in [0.1, 0.15) is 11.9 Å². The highest BCUT2D eigenvalue weighted by Gasteiger charge is 2.47. The smallest absolute Gasteiger partial charge is 0.425 e. The zero-order valence-electron chi connectivity index (χ0n) is 19.0. The Labute approximate surface area is 200 Å².